The molecule has 4 aromatic rings. The van der Waals surface area contributed by atoms with Crippen molar-refractivity contribution in [3.63, 3.8) is 0 Å². The number of amides is 1. The number of aromatic nitrogens is 1. The van der Waals surface area contributed by atoms with E-state index in [4.69, 9.17) is 23.7 Å². The van der Waals surface area contributed by atoms with Gasteiger partial charge in [0.25, 0.3) is 5.91 Å². The van der Waals surface area contributed by atoms with Crippen LogP contribution in [-0.2, 0) is 53.0 Å². The van der Waals surface area contributed by atoms with Crippen LogP contribution in [0.3, 0.4) is 0 Å². The van der Waals surface area contributed by atoms with Gasteiger partial charge in [0.2, 0.25) is 0 Å². The van der Waals surface area contributed by atoms with Crippen LogP contribution in [0.15, 0.2) is 103 Å². The van der Waals surface area contributed by atoms with Crippen LogP contribution in [-0.4, -0.2) is 65.9 Å². The van der Waals surface area contributed by atoms with Crippen LogP contribution in [0.5, 0.6) is 11.5 Å². The Hall–Kier alpha value is -5.75. The number of nitrogens with one attached hydrogen (secondary N) is 1. The first-order valence-electron chi connectivity index (χ1n) is 16.9. The molecule has 0 bridgehead atoms. The molecule has 12 nitrogen and oxygen atoms in total. The average Bonchev–Trinajstić information content (AvgIpc) is 3.15. The van der Waals surface area contributed by atoms with E-state index in [1.54, 1.807) is 13.8 Å². The van der Waals surface area contributed by atoms with Gasteiger partial charge < -0.3 is 34.1 Å². The molecule has 0 aliphatic carbocycles. The van der Waals surface area contributed by atoms with E-state index in [2.05, 4.69) is 10.3 Å². The number of ether oxygens (including phenoxy) is 5. The molecule has 1 aromatic heterocycles. The molecule has 274 valence electrons. The molecular weight excluding hydrogens is 668 g/mol. The summed E-state index contributed by atoms with van der Waals surface area (Å²) in [6.07, 6.45) is -1.11. The van der Waals surface area contributed by atoms with E-state index < -0.39 is 59.7 Å². The predicted octanol–water partition coefficient (Wildman–Crippen LogP) is 5.21. The van der Waals surface area contributed by atoms with Crippen LogP contribution in [0, 0.1) is 11.8 Å². The number of aromatic hydroxyl groups is 1. The SMILES string of the molecule is COc1ccnc(C(=O)NC(COCc2ccccc2)C(=O)OC(C)C(OC(=O)C(C)C)[C@@H](Cc2ccccc2)C(=O)OCc2ccccc2)c1O. The second-order valence-corrected chi connectivity index (χ2v) is 12.3. The van der Waals surface area contributed by atoms with Crippen molar-refractivity contribution < 1.29 is 48.0 Å². The van der Waals surface area contributed by atoms with Crippen molar-refractivity contribution in [2.24, 2.45) is 11.8 Å². The van der Waals surface area contributed by atoms with Crippen molar-refractivity contribution in [1.82, 2.24) is 10.3 Å². The minimum Gasteiger partial charge on any atom is -0.503 e. The van der Waals surface area contributed by atoms with E-state index in [0.717, 1.165) is 16.7 Å². The average molecular weight is 713 g/mol. The van der Waals surface area contributed by atoms with E-state index in [9.17, 15) is 24.3 Å². The van der Waals surface area contributed by atoms with E-state index in [-0.39, 0.29) is 37.7 Å². The van der Waals surface area contributed by atoms with Crippen LogP contribution in [0.1, 0.15) is 48.0 Å². The monoisotopic (exact) mass is 712 g/mol. The molecule has 3 aromatic carbocycles. The molecule has 0 aliphatic rings. The number of rotatable bonds is 18. The van der Waals surface area contributed by atoms with Crippen molar-refractivity contribution in [3.8, 4) is 11.5 Å². The lowest BCUT2D eigenvalue weighted by atomic mass is 9.90. The Labute approximate surface area is 303 Å². The number of carbonyl (C=O) groups is 4. The standard InChI is InChI=1S/C40H44N2O10/c1-26(2)38(45)52-36(31(22-28-14-8-5-9-15-28)39(46)50-24-30-18-12-7-13-19-30)27(3)51-40(47)32(25-49-23-29-16-10-6-11-17-29)42-37(44)34-35(43)33(48-4)20-21-41-34/h5-21,26-27,31-32,36,43H,22-25H2,1-4H3,(H,42,44)/t27?,31-,32?,36?/m1/s1. The van der Waals surface area contributed by atoms with Gasteiger partial charge in [-0.05, 0) is 30.0 Å². The molecule has 0 fully saturated rings. The number of hydrogen-bond donors (Lipinski definition) is 2. The van der Waals surface area contributed by atoms with Gasteiger partial charge in [-0.3, -0.25) is 14.4 Å². The second-order valence-electron chi connectivity index (χ2n) is 12.3. The smallest absolute Gasteiger partial charge is 0.331 e. The third kappa shape index (κ3) is 11.4. The van der Waals surface area contributed by atoms with Crippen molar-refractivity contribution in [2.75, 3.05) is 13.7 Å². The topological polar surface area (TPSA) is 160 Å². The van der Waals surface area contributed by atoms with Gasteiger partial charge in [0.05, 0.1) is 26.2 Å². The third-order valence-corrected chi connectivity index (χ3v) is 8.02. The van der Waals surface area contributed by atoms with Gasteiger partial charge in [0, 0.05) is 12.3 Å². The van der Waals surface area contributed by atoms with Crippen LogP contribution < -0.4 is 10.1 Å². The number of hydrogen-bond acceptors (Lipinski definition) is 11. The normalized spacial score (nSPS) is 13.2. The zero-order chi connectivity index (χ0) is 37.5. The van der Waals surface area contributed by atoms with E-state index >= 15 is 0 Å². The molecule has 12 heteroatoms. The Morgan fingerprint density at radius 2 is 1.31 bits per heavy atom. The van der Waals surface area contributed by atoms with Crippen LogP contribution in [0.2, 0.25) is 0 Å². The Balaban J connectivity index is 1.61. The molecule has 2 N–H and O–H groups in total. The lowest BCUT2D eigenvalue weighted by Crippen LogP contribution is -2.49. The first-order valence-corrected chi connectivity index (χ1v) is 16.9. The number of nitrogens with zero attached hydrogens (tertiary/aromatic N) is 1. The summed E-state index contributed by atoms with van der Waals surface area (Å²) in [5, 5.41) is 13.1. The number of esters is 3. The summed E-state index contributed by atoms with van der Waals surface area (Å²) < 4.78 is 28.4. The fraction of sp³-hybridized carbons (Fsp3) is 0.325. The maximum Gasteiger partial charge on any atom is 0.331 e. The highest BCUT2D eigenvalue weighted by atomic mass is 16.6. The fourth-order valence-corrected chi connectivity index (χ4v) is 5.18. The number of pyridine rings is 1. The quantitative estimate of drug-likeness (QED) is 0.103. The Bertz CT molecular complexity index is 1750. The third-order valence-electron chi connectivity index (χ3n) is 8.02. The van der Waals surface area contributed by atoms with Gasteiger partial charge in [-0.2, -0.15) is 0 Å². The molecule has 3 unspecified atom stereocenters. The van der Waals surface area contributed by atoms with Crippen molar-refractivity contribution in [2.45, 2.75) is 58.7 Å². The van der Waals surface area contributed by atoms with Crippen LogP contribution in [0.4, 0.5) is 0 Å². The summed E-state index contributed by atoms with van der Waals surface area (Å²) in [6, 6.07) is 27.4. The van der Waals surface area contributed by atoms with Crippen molar-refractivity contribution >= 4 is 23.8 Å². The largest absolute Gasteiger partial charge is 0.503 e. The molecule has 0 saturated carbocycles. The molecule has 0 aliphatic heterocycles. The highest BCUT2D eigenvalue weighted by Crippen LogP contribution is 2.28. The first-order chi connectivity index (χ1) is 25.1. The maximum atomic E-state index is 13.9. The highest BCUT2D eigenvalue weighted by Gasteiger charge is 2.40. The van der Waals surface area contributed by atoms with E-state index in [1.807, 2.05) is 91.0 Å². The summed E-state index contributed by atoms with van der Waals surface area (Å²) in [5.74, 6) is -5.29. The molecule has 1 amide bonds. The van der Waals surface area contributed by atoms with Crippen LogP contribution in [0.25, 0.3) is 0 Å². The molecule has 52 heavy (non-hydrogen) atoms. The number of methoxy groups -OCH3 is 1. The van der Waals surface area contributed by atoms with Crippen molar-refractivity contribution in [1.29, 1.82) is 0 Å². The summed E-state index contributed by atoms with van der Waals surface area (Å²) in [6.45, 7) is 4.54. The zero-order valence-corrected chi connectivity index (χ0v) is 29.6. The molecule has 4 rings (SSSR count). The fourth-order valence-electron chi connectivity index (χ4n) is 5.18. The van der Waals surface area contributed by atoms with E-state index in [0.29, 0.717) is 0 Å². The Morgan fingerprint density at radius 1 is 0.731 bits per heavy atom. The zero-order valence-electron chi connectivity index (χ0n) is 29.6. The summed E-state index contributed by atoms with van der Waals surface area (Å²) in [5.41, 5.74) is 1.95. The molecule has 1 heterocycles. The molecular formula is C40H44N2O10. The van der Waals surface area contributed by atoms with Crippen molar-refractivity contribution in [3.05, 3.63) is 126 Å². The minimum atomic E-state index is -1.41. The molecule has 4 atom stereocenters. The minimum absolute atomic E-state index is 0.00615. The van der Waals surface area contributed by atoms with Gasteiger partial charge in [0.15, 0.2) is 29.3 Å². The van der Waals surface area contributed by atoms with Gasteiger partial charge in [-0.25, -0.2) is 9.78 Å². The van der Waals surface area contributed by atoms with Gasteiger partial charge in [0.1, 0.15) is 18.6 Å². The van der Waals surface area contributed by atoms with Crippen LogP contribution >= 0.6 is 0 Å². The Kier molecular flexibility index (Phi) is 14.7. The Morgan fingerprint density at radius 3 is 1.88 bits per heavy atom. The summed E-state index contributed by atoms with van der Waals surface area (Å²) in [7, 11) is 1.32. The highest BCUT2D eigenvalue weighted by molar-refractivity contribution is 5.98. The maximum absolute atomic E-state index is 13.9. The van der Waals surface area contributed by atoms with Gasteiger partial charge in [-0.15, -0.1) is 0 Å². The lowest BCUT2D eigenvalue weighted by molar-refractivity contribution is -0.181. The molecule has 0 spiro atoms. The van der Waals surface area contributed by atoms with E-state index in [1.165, 1.54) is 26.3 Å². The second kappa shape index (κ2) is 19.6. The van der Waals surface area contributed by atoms with Gasteiger partial charge in [-0.1, -0.05) is 105 Å². The predicted molar refractivity (Wildman–Crippen MR) is 190 cm³/mol. The molecule has 0 saturated heterocycles. The summed E-state index contributed by atoms with van der Waals surface area (Å²) >= 11 is 0. The number of carbonyl (C=O) groups excluding carboxylic acids is 4. The lowest BCUT2D eigenvalue weighted by Gasteiger charge is -2.31. The molecule has 0 radical (unpaired) electrons. The van der Waals surface area contributed by atoms with Gasteiger partial charge >= 0.3 is 17.9 Å². The summed E-state index contributed by atoms with van der Waals surface area (Å²) in [4.78, 5) is 58.0. The number of benzene rings is 3. The first kappa shape index (κ1) is 39.0.